The van der Waals surface area contributed by atoms with Crippen molar-refractivity contribution in [1.29, 1.82) is 0 Å². The lowest BCUT2D eigenvalue weighted by Gasteiger charge is -2.21. The molecule has 78 valence electrons. The molecule has 0 unspecified atom stereocenters. The fourth-order valence-electron chi connectivity index (χ4n) is 0.946. The van der Waals surface area contributed by atoms with E-state index in [1.54, 1.807) is 0 Å². The van der Waals surface area contributed by atoms with Crippen molar-refractivity contribution < 1.29 is 9.63 Å². The van der Waals surface area contributed by atoms with Crippen molar-refractivity contribution in [2.75, 3.05) is 0 Å². The zero-order chi connectivity index (χ0) is 10.5. The summed E-state index contributed by atoms with van der Waals surface area (Å²) in [6, 6.07) is 0. The van der Waals surface area contributed by atoms with E-state index in [2.05, 4.69) is 5.48 Å². The van der Waals surface area contributed by atoms with Gasteiger partial charge in [-0.25, -0.2) is 5.48 Å². The monoisotopic (exact) mass is 187 g/mol. The molecule has 1 amide bonds. The van der Waals surface area contributed by atoms with Crippen LogP contribution in [0.3, 0.4) is 0 Å². The van der Waals surface area contributed by atoms with E-state index in [-0.39, 0.29) is 17.4 Å². The van der Waals surface area contributed by atoms with Crippen LogP contribution in [-0.2, 0) is 9.63 Å². The summed E-state index contributed by atoms with van der Waals surface area (Å²) in [5, 5.41) is 0. The van der Waals surface area contributed by atoms with Gasteiger partial charge < -0.3 is 0 Å². The minimum absolute atomic E-state index is 0.0140. The van der Waals surface area contributed by atoms with Gasteiger partial charge in [-0.15, -0.1) is 0 Å². The highest BCUT2D eigenvalue weighted by molar-refractivity contribution is 5.77. The topological polar surface area (TPSA) is 38.3 Å². The predicted octanol–water partition coefficient (Wildman–Crippen LogP) is 2.27. The summed E-state index contributed by atoms with van der Waals surface area (Å²) in [5.74, 6) is 0.0577. The van der Waals surface area contributed by atoms with Crippen LogP contribution < -0.4 is 5.48 Å². The van der Waals surface area contributed by atoms with Gasteiger partial charge in [0.25, 0.3) is 0 Å². The first-order chi connectivity index (χ1) is 5.90. The van der Waals surface area contributed by atoms with Crippen LogP contribution >= 0.6 is 0 Å². The van der Waals surface area contributed by atoms with Crippen molar-refractivity contribution >= 4 is 5.91 Å². The van der Waals surface area contributed by atoms with Gasteiger partial charge in [-0.05, 0) is 33.6 Å². The second-order valence-corrected chi connectivity index (χ2v) is 4.19. The fourth-order valence-corrected chi connectivity index (χ4v) is 0.946. The summed E-state index contributed by atoms with van der Waals surface area (Å²) in [7, 11) is 0. The molecule has 0 rings (SSSR count). The van der Waals surface area contributed by atoms with E-state index in [4.69, 9.17) is 4.84 Å². The van der Waals surface area contributed by atoms with Crippen molar-refractivity contribution in [2.24, 2.45) is 5.92 Å². The zero-order valence-electron chi connectivity index (χ0n) is 9.31. The molecule has 0 aliphatic carbocycles. The molecule has 0 radical (unpaired) electrons. The average molecular weight is 187 g/mol. The molecule has 0 aromatic heterocycles. The molecule has 3 heteroatoms. The first-order valence-electron chi connectivity index (χ1n) is 4.88. The SMILES string of the molecule is CCC(CC)C(=O)NOC(C)(C)C. The van der Waals surface area contributed by atoms with Gasteiger partial charge in [0.1, 0.15) is 0 Å². The lowest BCUT2D eigenvalue weighted by molar-refractivity contribution is -0.149. The van der Waals surface area contributed by atoms with Gasteiger partial charge in [0.05, 0.1) is 5.60 Å². The lowest BCUT2D eigenvalue weighted by Crippen LogP contribution is -2.36. The summed E-state index contributed by atoms with van der Waals surface area (Å²) >= 11 is 0. The summed E-state index contributed by atoms with van der Waals surface area (Å²) in [4.78, 5) is 16.6. The third-order valence-corrected chi connectivity index (χ3v) is 1.81. The molecule has 0 spiro atoms. The van der Waals surface area contributed by atoms with Crippen molar-refractivity contribution in [3.05, 3.63) is 0 Å². The Balaban J connectivity index is 3.86. The molecular weight excluding hydrogens is 166 g/mol. The maximum atomic E-state index is 11.4. The number of nitrogens with one attached hydrogen (secondary N) is 1. The summed E-state index contributed by atoms with van der Waals surface area (Å²) in [5.41, 5.74) is 2.17. The smallest absolute Gasteiger partial charge is 0.246 e. The van der Waals surface area contributed by atoms with Crippen LogP contribution in [0.2, 0.25) is 0 Å². The van der Waals surface area contributed by atoms with E-state index in [1.165, 1.54) is 0 Å². The first-order valence-corrected chi connectivity index (χ1v) is 4.88. The molecule has 0 saturated heterocycles. The Morgan fingerprint density at radius 3 is 2.08 bits per heavy atom. The van der Waals surface area contributed by atoms with Crippen molar-refractivity contribution in [1.82, 2.24) is 5.48 Å². The van der Waals surface area contributed by atoms with Gasteiger partial charge in [0.2, 0.25) is 5.91 Å². The molecule has 0 heterocycles. The molecule has 0 saturated carbocycles. The molecule has 13 heavy (non-hydrogen) atoms. The highest BCUT2D eigenvalue weighted by Crippen LogP contribution is 2.09. The maximum Gasteiger partial charge on any atom is 0.246 e. The summed E-state index contributed by atoms with van der Waals surface area (Å²) in [6.07, 6.45) is 1.71. The average Bonchev–Trinajstić information content (AvgIpc) is 2.02. The Bertz CT molecular complexity index is 157. The van der Waals surface area contributed by atoms with Gasteiger partial charge in [0, 0.05) is 5.92 Å². The molecule has 0 atom stereocenters. The van der Waals surface area contributed by atoms with E-state index < -0.39 is 0 Å². The minimum atomic E-state index is -0.318. The van der Waals surface area contributed by atoms with Gasteiger partial charge in [-0.1, -0.05) is 13.8 Å². The molecule has 3 nitrogen and oxygen atoms in total. The molecule has 0 aromatic rings. The van der Waals surface area contributed by atoms with Crippen LogP contribution in [0.5, 0.6) is 0 Å². The van der Waals surface area contributed by atoms with Crippen LogP contribution in [0.15, 0.2) is 0 Å². The van der Waals surface area contributed by atoms with Crippen molar-refractivity contribution in [2.45, 2.75) is 53.1 Å². The first kappa shape index (κ1) is 12.4. The lowest BCUT2D eigenvalue weighted by atomic mass is 10.0. The molecule has 0 bridgehead atoms. The Morgan fingerprint density at radius 2 is 1.77 bits per heavy atom. The van der Waals surface area contributed by atoms with Crippen LogP contribution in [-0.4, -0.2) is 11.5 Å². The number of hydroxylamine groups is 1. The number of hydrogen-bond acceptors (Lipinski definition) is 2. The Hall–Kier alpha value is -0.570. The molecule has 0 aromatic carbocycles. The Kier molecular flexibility index (Phi) is 4.99. The normalized spacial score (nSPS) is 11.8. The predicted molar refractivity (Wildman–Crippen MR) is 53.1 cm³/mol. The minimum Gasteiger partial charge on any atom is -0.273 e. The van der Waals surface area contributed by atoms with Gasteiger partial charge in [-0.3, -0.25) is 9.63 Å². The summed E-state index contributed by atoms with van der Waals surface area (Å²) in [6.45, 7) is 9.72. The third-order valence-electron chi connectivity index (χ3n) is 1.81. The van der Waals surface area contributed by atoms with Crippen LogP contribution in [0.25, 0.3) is 0 Å². The Labute approximate surface area is 80.8 Å². The number of amides is 1. The highest BCUT2D eigenvalue weighted by Gasteiger charge is 2.17. The largest absolute Gasteiger partial charge is 0.273 e. The molecule has 1 N–H and O–H groups in total. The van der Waals surface area contributed by atoms with Crippen molar-refractivity contribution in [3.63, 3.8) is 0 Å². The number of hydrogen-bond donors (Lipinski definition) is 1. The van der Waals surface area contributed by atoms with E-state index in [9.17, 15) is 4.79 Å². The van der Waals surface area contributed by atoms with Crippen LogP contribution in [0.1, 0.15) is 47.5 Å². The fraction of sp³-hybridized carbons (Fsp3) is 0.900. The summed E-state index contributed by atoms with van der Waals surface area (Å²) < 4.78 is 0. The third kappa shape index (κ3) is 5.64. The van der Waals surface area contributed by atoms with E-state index in [0.29, 0.717) is 0 Å². The molecule has 0 fully saturated rings. The standard InChI is InChI=1S/C10H21NO2/c1-6-8(7-2)9(12)11-13-10(3,4)5/h8H,6-7H2,1-5H3,(H,11,12). The quantitative estimate of drug-likeness (QED) is 0.686. The van der Waals surface area contributed by atoms with E-state index in [1.807, 2.05) is 34.6 Å². The van der Waals surface area contributed by atoms with Crippen molar-refractivity contribution in [3.8, 4) is 0 Å². The number of rotatable bonds is 4. The molecule has 0 aliphatic rings. The highest BCUT2D eigenvalue weighted by atomic mass is 16.7. The number of carbonyl (C=O) groups excluding carboxylic acids is 1. The zero-order valence-corrected chi connectivity index (χ0v) is 9.31. The van der Waals surface area contributed by atoms with Gasteiger partial charge in [0.15, 0.2) is 0 Å². The van der Waals surface area contributed by atoms with Crippen LogP contribution in [0, 0.1) is 5.92 Å². The van der Waals surface area contributed by atoms with E-state index >= 15 is 0 Å². The second-order valence-electron chi connectivity index (χ2n) is 4.19. The van der Waals surface area contributed by atoms with Gasteiger partial charge in [-0.2, -0.15) is 0 Å². The molecular formula is C10H21NO2. The Morgan fingerprint density at radius 1 is 1.31 bits per heavy atom. The van der Waals surface area contributed by atoms with Gasteiger partial charge >= 0.3 is 0 Å². The number of carbonyl (C=O) groups is 1. The van der Waals surface area contributed by atoms with E-state index in [0.717, 1.165) is 12.8 Å². The molecule has 0 aliphatic heterocycles. The second kappa shape index (κ2) is 5.22. The maximum absolute atomic E-state index is 11.4. The van der Waals surface area contributed by atoms with Crippen LogP contribution in [0.4, 0.5) is 0 Å².